The standard InChI is InChI=1S/C16H12FNO/c1-19-16-8-2-12(3-9-16)10-14(11-18)13-4-6-15(17)7-5-13/h2-10H,1H3/b14-10+. The van der Waals surface area contributed by atoms with Crippen molar-refractivity contribution in [3.8, 4) is 11.8 Å². The van der Waals surface area contributed by atoms with Gasteiger partial charge in [0.2, 0.25) is 0 Å². The van der Waals surface area contributed by atoms with Gasteiger partial charge in [0.1, 0.15) is 11.6 Å². The van der Waals surface area contributed by atoms with Crippen molar-refractivity contribution in [1.82, 2.24) is 0 Å². The molecular formula is C16H12FNO. The second-order valence-electron chi connectivity index (χ2n) is 3.95. The lowest BCUT2D eigenvalue weighted by Gasteiger charge is -2.01. The van der Waals surface area contributed by atoms with Crippen molar-refractivity contribution in [1.29, 1.82) is 5.26 Å². The molecule has 0 radical (unpaired) electrons. The first-order chi connectivity index (χ1) is 9.22. The highest BCUT2D eigenvalue weighted by molar-refractivity contribution is 5.89. The highest BCUT2D eigenvalue weighted by Crippen LogP contribution is 2.19. The zero-order chi connectivity index (χ0) is 13.7. The smallest absolute Gasteiger partial charge is 0.123 e. The van der Waals surface area contributed by atoms with Crippen molar-refractivity contribution in [3.63, 3.8) is 0 Å². The quantitative estimate of drug-likeness (QED) is 0.614. The van der Waals surface area contributed by atoms with Gasteiger partial charge in [-0.2, -0.15) is 5.26 Å². The topological polar surface area (TPSA) is 33.0 Å². The van der Waals surface area contributed by atoms with Gasteiger partial charge in [0.05, 0.1) is 18.8 Å². The molecule has 2 nitrogen and oxygen atoms in total. The van der Waals surface area contributed by atoms with Gasteiger partial charge >= 0.3 is 0 Å². The molecule has 2 aromatic carbocycles. The zero-order valence-electron chi connectivity index (χ0n) is 10.4. The zero-order valence-corrected chi connectivity index (χ0v) is 10.4. The van der Waals surface area contributed by atoms with Crippen LogP contribution < -0.4 is 4.74 Å². The third-order valence-corrected chi connectivity index (χ3v) is 2.70. The number of nitrogens with zero attached hydrogens (tertiary/aromatic N) is 1. The third-order valence-electron chi connectivity index (χ3n) is 2.70. The number of allylic oxidation sites excluding steroid dienone is 1. The van der Waals surface area contributed by atoms with Crippen LogP contribution in [0, 0.1) is 17.1 Å². The predicted molar refractivity (Wildman–Crippen MR) is 72.9 cm³/mol. The van der Waals surface area contributed by atoms with Crippen molar-refractivity contribution in [2.24, 2.45) is 0 Å². The van der Waals surface area contributed by atoms with Gasteiger partial charge in [0.15, 0.2) is 0 Å². The molecule has 0 spiro atoms. The highest BCUT2D eigenvalue weighted by atomic mass is 19.1. The number of methoxy groups -OCH3 is 1. The molecule has 0 unspecified atom stereocenters. The minimum Gasteiger partial charge on any atom is -0.497 e. The average Bonchev–Trinajstić information content (AvgIpc) is 2.46. The van der Waals surface area contributed by atoms with E-state index in [0.717, 1.165) is 11.3 Å². The van der Waals surface area contributed by atoms with Crippen molar-refractivity contribution in [2.45, 2.75) is 0 Å². The third kappa shape index (κ3) is 3.20. The second-order valence-corrected chi connectivity index (χ2v) is 3.95. The Labute approximate surface area is 111 Å². The van der Waals surface area contributed by atoms with E-state index in [1.54, 1.807) is 25.3 Å². The van der Waals surface area contributed by atoms with E-state index in [1.807, 2.05) is 24.3 Å². The Morgan fingerprint density at radius 3 is 2.26 bits per heavy atom. The first kappa shape index (κ1) is 12.8. The second kappa shape index (κ2) is 5.83. The van der Waals surface area contributed by atoms with Gasteiger partial charge < -0.3 is 4.74 Å². The maximum Gasteiger partial charge on any atom is 0.123 e. The maximum absolute atomic E-state index is 12.8. The first-order valence-electron chi connectivity index (χ1n) is 5.75. The molecule has 0 aliphatic carbocycles. The molecule has 2 rings (SSSR count). The Bertz CT molecular complexity index is 621. The molecule has 3 heteroatoms. The van der Waals surface area contributed by atoms with Crippen LogP contribution in [0.25, 0.3) is 11.6 Å². The number of rotatable bonds is 3. The van der Waals surface area contributed by atoms with E-state index in [9.17, 15) is 9.65 Å². The molecule has 0 atom stereocenters. The van der Waals surface area contributed by atoms with Gasteiger partial charge in [-0.1, -0.05) is 24.3 Å². The van der Waals surface area contributed by atoms with E-state index in [-0.39, 0.29) is 5.82 Å². The van der Waals surface area contributed by atoms with Crippen molar-refractivity contribution in [3.05, 3.63) is 65.5 Å². The first-order valence-corrected chi connectivity index (χ1v) is 5.75. The molecule has 0 heterocycles. The fourth-order valence-corrected chi connectivity index (χ4v) is 1.68. The molecule has 0 aliphatic rings. The van der Waals surface area contributed by atoms with Crippen LogP contribution in [0.15, 0.2) is 48.5 Å². The molecule has 0 bridgehead atoms. The number of ether oxygens (including phenoxy) is 1. The van der Waals surface area contributed by atoms with Crippen LogP contribution in [0.4, 0.5) is 4.39 Å². The van der Waals surface area contributed by atoms with Crippen molar-refractivity contribution in [2.75, 3.05) is 7.11 Å². The molecule has 0 aromatic heterocycles. The minimum absolute atomic E-state index is 0.314. The Morgan fingerprint density at radius 2 is 1.74 bits per heavy atom. The number of nitriles is 1. The monoisotopic (exact) mass is 253 g/mol. The van der Waals surface area contributed by atoms with Crippen LogP contribution in [0.1, 0.15) is 11.1 Å². The summed E-state index contributed by atoms with van der Waals surface area (Å²) < 4.78 is 17.9. The summed E-state index contributed by atoms with van der Waals surface area (Å²) in [4.78, 5) is 0. The van der Waals surface area contributed by atoms with Crippen LogP contribution in [0.3, 0.4) is 0 Å². The molecule has 2 aromatic rings. The summed E-state index contributed by atoms with van der Waals surface area (Å²) >= 11 is 0. The summed E-state index contributed by atoms with van der Waals surface area (Å²) in [6, 6.07) is 15.4. The Balaban J connectivity index is 2.33. The summed E-state index contributed by atoms with van der Waals surface area (Å²) in [5.74, 6) is 0.447. The number of halogens is 1. The average molecular weight is 253 g/mol. The minimum atomic E-state index is -0.314. The molecule has 0 aliphatic heterocycles. The van der Waals surface area contributed by atoms with E-state index in [1.165, 1.54) is 12.1 Å². The molecule has 0 fully saturated rings. The Hall–Kier alpha value is -2.60. The predicted octanol–water partition coefficient (Wildman–Crippen LogP) is 3.90. The van der Waals surface area contributed by atoms with Crippen LogP contribution in [-0.2, 0) is 0 Å². The molecule has 0 N–H and O–H groups in total. The maximum atomic E-state index is 12.8. The van der Waals surface area contributed by atoms with Gasteiger partial charge in [0, 0.05) is 0 Å². The fraction of sp³-hybridized carbons (Fsp3) is 0.0625. The summed E-state index contributed by atoms with van der Waals surface area (Å²) in [6.07, 6.45) is 1.76. The largest absolute Gasteiger partial charge is 0.497 e. The fourth-order valence-electron chi connectivity index (χ4n) is 1.68. The summed E-state index contributed by atoms with van der Waals surface area (Å²) in [5.41, 5.74) is 2.08. The van der Waals surface area contributed by atoms with E-state index < -0.39 is 0 Å². The number of hydrogen-bond donors (Lipinski definition) is 0. The van der Waals surface area contributed by atoms with Gasteiger partial charge in [-0.3, -0.25) is 0 Å². The molecular weight excluding hydrogens is 241 g/mol. The van der Waals surface area contributed by atoms with Crippen LogP contribution in [0.5, 0.6) is 5.75 Å². The lowest BCUT2D eigenvalue weighted by molar-refractivity contribution is 0.415. The van der Waals surface area contributed by atoms with E-state index >= 15 is 0 Å². The van der Waals surface area contributed by atoms with Crippen LogP contribution in [-0.4, -0.2) is 7.11 Å². The summed E-state index contributed by atoms with van der Waals surface area (Å²) in [7, 11) is 1.60. The van der Waals surface area contributed by atoms with Gasteiger partial charge in [0.25, 0.3) is 0 Å². The van der Waals surface area contributed by atoms with E-state index in [0.29, 0.717) is 11.1 Å². The number of hydrogen-bond acceptors (Lipinski definition) is 2. The summed E-state index contributed by atoms with van der Waals surface area (Å²) in [5, 5.41) is 9.17. The van der Waals surface area contributed by atoms with Gasteiger partial charge in [-0.15, -0.1) is 0 Å². The van der Waals surface area contributed by atoms with E-state index in [4.69, 9.17) is 4.74 Å². The lowest BCUT2D eigenvalue weighted by atomic mass is 10.0. The van der Waals surface area contributed by atoms with Crippen LogP contribution in [0.2, 0.25) is 0 Å². The number of benzene rings is 2. The van der Waals surface area contributed by atoms with Crippen molar-refractivity contribution >= 4 is 11.6 Å². The molecule has 94 valence electrons. The molecule has 0 saturated carbocycles. The summed E-state index contributed by atoms with van der Waals surface area (Å²) in [6.45, 7) is 0. The van der Waals surface area contributed by atoms with Crippen molar-refractivity contribution < 1.29 is 9.13 Å². The Kier molecular flexibility index (Phi) is 3.94. The van der Waals surface area contributed by atoms with Gasteiger partial charge in [-0.05, 0) is 41.5 Å². The Morgan fingerprint density at radius 1 is 1.11 bits per heavy atom. The molecule has 0 amide bonds. The van der Waals surface area contributed by atoms with Gasteiger partial charge in [-0.25, -0.2) is 4.39 Å². The van der Waals surface area contributed by atoms with E-state index in [2.05, 4.69) is 6.07 Å². The van der Waals surface area contributed by atoms with Crippen LogP contribution >= 0.6 is 0 Å². The molecule has 0 saturated heterocycles. The lowest BCUT2D eigenvalue weighted by Crippen LogP contribution is -1.84. The normalized spacial score (nSPS) is 10.9. The SMILES string of the molecule is COc1ccc(/C=C(\C#N)c2ccc(F)cc2)cc1. The molecule has 19 heavy (non-hydrogen) atoms. The highest BCUT2D eigenvalue weighted by Gasteiger charge is 2.01.